The van der Waals surface area contributed by atoms with Crippen molar-refractivity contribution in [2.45, 2.75) is 20.8 Å². The molecule has 25 heavy (non-hydrogen) atoms. The van der Waals surface area contributed by atoms with Gasteiger partial charge < -0.3 is 10.6 Å². The first-order chi connectivity index (χ1) is 11.9. The maximum Gasteiger partial charge on any atom is 0.234 e. The van der Waals surface area contributed by atoms with Crippen LogP contribution in [0.25, 0.3) is 0 Å². The van der Waals surface area contributed by atoms with E-state index in [1.54, 1.807) is 12.1 Å². The lowest BCUT2D eigenvalue weighted by atomic mass is 10.1. The van der Waals surface area contributed by atoms with Crippen molar-refractivity contribution in [2.75, 3.05) is 22.1 Å². The van der Waals surface area contributed by atoms with Crippen molar-refractivity contribution in [3.05, 3.63) is 58.1 Å². The predicted molar refractivity (Wildman–Crippen MR) is 107 cm³/mol. The molecule has 0 aliphatic rings. The van der Waals surface area contributed by atoms with Crippen LogP contribution in [-0.2, 0) is 9.59 Å². The van der Waals surface area contributed by atoms with Crippen molar-refractivity contribution in [2.24, 2.45) is 0 Å². The second kappa shape index (κ2) is 8.92. The molecule has 0 unspecified atom stereocenters. The number of halogens is 1. The minimum absolute atomic E-state index is 0.120. The standard InChI is InChI=1S/C19H21ClN2O2S/c1-12-5-4-6-17(14(12)3)22-19(24)11-25-10-18(23)21-15-8-7-13(2)16(20)9-15/h4-9H,10-11H2,1-3H3,(H,21,23)(H,22,24). The quantitative estimate of drug-likeness (QED) is 0.776. The molecule has 0 aromatic heterocycles. The molecule has 0 heterocycles. The maximum absolute atomic E-state index is 12.0. The third-order valence-corrected chi connectivity index (χ3v) is 5.14. The lowest BCUT2D eigenvalue weighted by molar-refractivity contribution is -0.114. The summed E-state index contributed by atoms with van der Waals surface area (Å²) in [6.45, 7) is 5.87. The van der Waals surface area contributed by atoms with Crippen molar-refractivity contribution in [1.29, 1.82) is 0 Å². The van der Waals surface area contributed by atoms with Gasteiger partial charge in [0.2, 0.25) is 11.8 Å². The molecule has 4 nitrogen and oxygen atoms in total. The van der Waals surface area contributed by atoms with Crippen molar-refractivity contribution in [3.63, 3.8) is 0 Å². The Kier molecular flexibility index (Phi) is 6.91. The van der Waals surface area contributed by atoms with Crippen LogP contribution in [0.3, 0.4) is 0 Å². The Morgan fingerprint density at radius 3 is 2.32 bits per heavy atom. The van der Waals surface area contributed by atoms with Crippen molar-refractivity contribution < 1.29 is 9.59 Å². The number of hydrogen-bond donors (Lipinski definition) is 2. The van der Waals surface area contributed by atoms with Gasteiger partial charge in [-0.1, -0.05) is 29.8 Å². The van der Waals surface area contributed by atoms with E-state index < -0.39 is 0 Å². The molecule has 2 rings (SSSR count). The molecule has 0 saturated heterocycles. The van der Waals surface area contributed by atoms with Gasteiger partial charge in [-0.15, -0.1) is 11.8 Å². The second-order valence-electron chi connectivity index (χ2n) is 5.80. The van der Waals surface area contributed by atoms with Crippen LogP contribution in [0.2, 0.25) is 5.02 Å². The van der Waals surface area contributed by atoms with E-state index in [2.05, 4.69) is 10.6 Å². The highest BCUT2D eigenvalue weighted by atomic mass is 35.5. The molecule has 0 fully saturated rings. The highest BCUT2D eigenvalue weighted by Crippen LogP contribution is 2.20. The van der Waals surface area contributed by atoms with Crippen LogP contribution in [0.4, 0.5) is 11.4 Å². The molecular weight excluding hydrogens is 356 g/mol. The van der Waals surface area contributed by atoms with E-state index in [4.69, 9.17) is 11.6 Å². The number of aryl methyl sites for hydroxylation is 2. The van der Waals surface area contributed by atoms with Crippen molar-refractivity contribution in [3.8, 4) is 0 Å². The summed E-state index contributed by atoms with van der Waals surface area (Å²) in [6, 6.07) is 11.2. The van der Waals surface area contributed by atoms with E-state index >= 15 is 0 Å². The maximum atomic E-state index is 12.0. The van der Waals surface area contributed by atoms with Gasteiger partial charge in [0, 0.05) is 16.4 Å². The summed E-state index contributed by atoms with van der Waals surface area (Å²) in [5, 5.41) is 6.26. The lowest BCUT2D eigenvalue weighted by Crippen LogP contribution is -2.19. The zero-order valence-corrected chi connectivity index (χ0v) is 16.1. The van der Waals surface area contributed by atoms with Gasteiger partial charge in [-0.25, -0.2) is 0 Å². The van der Waals surface area contributed by atoms with E-state index in [0.717, 1.165) is 22.4 Å². The summed E-state index contributed by atoms with van der Waals surface area (Å²) in [6.07, 6.45) is 0. The molecule has 132 valence electrons. The SMILES string of the molecule is Cc1ccc(NC(=O)CSCC(=O)Nc2cccc(C)c2C)cc1Cl. The number of amides is 2. The molecule has 0 aliphatic carbocycles. The zero-order chi connectivity index (χ0) is 18.4. The van der Waals surface area contributed by atoms with Gasteiger partial charge in [-0.3, -0.25) is 9.59 Å². The molecule has 0 saturated carbocycles. The molecule has 0 aliphatic heterocycles. The van der Waals surface area contributed by atoms with Gasteiger partial charge in [0.1, 0.15) is 0 Å². The molecule has 2 aromatic carbocycles. The molecule has 0 spiro atoms. The molecule has 2 aromatic rings. The fourth-order valence-electron chi connectivity index (χ4n) is 2.18. The number of thioether (sulfide) groups is 1. The summed E-state index contributed by atoms with van der Waals surface area (Å²) in [7, 11) is 0. The number of nitrogens with one attached hydrogen (secondary N) is 2. The molecule has 6 heteroatoms. The van der Waals surface area contributed by atoms with Gasteiger partial charge in [0.05, 0.1) is 11.5 Å². The van der Waals surface area contributed by atoms with Crippen LogP contribution in [0.1, 0.15) is 16.7 Å². The van der Waals surface area contributed by atoms with Gasteiger partial charge in [-0.2, -0.15) is 0 Å². The van der Waals surface area contributed by atoms with Crippen LogP contribution < -0.4 is 10.6 Å². The first-order valence-electron chi connectivity index (χ1n) is 7.86. The average molecular weight is 377 g/mol. The number of carbonyl (C=O) groups is 2. The van der Waals surface area contributed by atoms with E-state index in [0.29, 0.717) is 10.7 Å². The summed E-state index contributed by atoms with van der Waals surface area (Å²) in [4.78, 5) is 24.0. The Labute approximate surface area is 157 Å². The fourth-order valence-corrected chi connectivity index (χ4v) is 2.97. The van der Waals surface area contributed by atoms with E-state index in [1.165, 1.54) is 11.8 Å². The van der Waals surface area contributed by atoms with Crippen LogP contribution in [-0.4, -0.2) is 23.3 Å². The van der Waals surface area contributed by atoms with E-state index in [1.807, 2.05) is 45.0 Å². The minimum atomic E-state index is -0.163. The zero-order valence-electron chi connectivity index (χ0n) is 14.5. The first kappa shape index (κ1) is 19.3. The lowest BCUT2D eigenvalue weighted by Gasteiger charge is -2.10. The second-order valence-corrected chi connectivity index (χ2v) is 7.19. The highest BCUT2D eigenvalue weighted by Gasteiger charge is 2.09. The van der Waals surface area contributed by atoms with Crippen LogP contribution in [0.5, 0.6) is 0 Å². The average Bonchev–Trinajstić information content (AvgIpc) is 2.55. The summed E-state index contributed by atoms with van der Waals surface area (Å²) >= 11 is 7.30. The number of benzene rings is 2. The monoisotopic (exact) mass is 376 g/mol. The number of anilines is 2. The summed E-state index contributed by atoms with van der Waals surface area (Å²) in [5.41, 5.74) is 4.60. The topological polar surface area (TPSA) is 58.2 Å². The Hall–Kier alpha value is -1.98. The van der Waals surface area contributed by atoms with Crippen molar-refractivity contribution >= 4 is 46.6 Å². The smallest absolute Gasteiger partial charge is 0.234 e. The Morgan fingerprint density at radius 2 is 1.64 bits per heavy atom. The minimum Gasteiger partial charge on any atom is -0.325 e. The van der Waals surface area contributed by atoms with Gasteiger partial charge in [-0.05, 0) is 55.7 Å². The van der Waals surface area contributed by atoms with Gasteiger partial charge in [0.25, 0.3) is 0 Å². The molecular formula is C19H21ClN2O2S. The third-order valence-electron chi connectivity index (χ3n) is 3.80. The van der Waals surface area contributed by atoms with Gasteiger partial charge >= 0.3 is 0 Å². The largest absolute Gasteiger partial charge is 0.325 e. The fraction of sp³-hybridized carbons (Fsp3) is 0.263. The Balaban J connectivity index is 1.77. The number of rotatable bonds is 6. The first-order valence-corrected chi connectivity index (χ1v) is 9.40. The van der Waals surface area contributed by atoms with E-state index in [-0.39, 0.29) is 23.3 Å². The normalized spacial score (nSPS) is 10.4. The van der Waals surface area contributed by atoms with E-state index in [9.17, 15) is 9.59 Å². The third kappa shape index (κ3) is 5.80. The van der Waals surface area contributed by atoms with Crippen LogP contribution >= 0.6 is 23.4 Å². The summed E-state index contributed by atoms with van der Waals surface area (Å²) in [5.74, 6) is 0.135. The van der Waals surface area contributed by atoms with Crippen molar-refractivity contribution in [1.82, 2.24) is 0 Å². The van der Waals surface area contributed by atoms with Crippen LogP contribution in [0.15, 0.2) is 36.4 Å². The van der Waals surface area contributed by atoms with Gasteiger partial charge in [0.15, 0.2) is 0 Å². The highest BCUT2D eigenvalue weighted by molar-refractivity contribution is 8.00. The van der Waals surface area contributed by atoms with Crippen LogP contribution in [0, 0.1) is 20.8 Å². The molecule has 0 atom stereocenters. The summed E-state index contributed by atoms with van der Waals surface area (Å²) < 4.78 is 0. The number of hydrogen-bond acceptors (Lipinski definition) is 3. The Bertz CT molecular complexity index is 793. The molecule has 0 bridgehead atoms. The number of carbonyl (C=O) groups excluding carboxylic acids is 2. The predicted octanol–water partition coefficient (Wildman–Crippen LogP) is 4.58. The molecule has 2 N–H and O–H groups in total. The Morgan fingerprint density at radius 1 is 0.960 bits per heavy atom. The molecule has 2 amide bonds. The molecule has 0 radical (unpaired) electrons.